The van der Waals surface area contributed by atoms with Crippen molar-refractivity contribution in [1.29, 1.82) is 0 Å². The number of hydrogen-bond acceptors (Lipinski definition) is 1. The Morgan fingerprint density at radius 1 is 1.20 bits per heavy atom. The largest absolute Gasteiger partial charge is 0.300 e. The maximum atomic E-state index is 2.79. The minimum atomic E-state index is 0.887. The van der Waals surface area contributed by atoms with Crippen molar-refractivity contribution in [2.45, 2.75) is 58.9 Å². The van der Waals surface area contributed by atoms with Crippen LogP contribution in [-0.4, -0.2) is 24.0 Å². The molecule has 1 heteroatoms. The molecule has 0 aromatic carbocycles. The molecule has 1 nitrogen and oxygen atoms in total. The van der Waals surface area contributed by atoms with Crippen LogP contribution in [0.1, 0.15) is 52.9 Å². The van der Waals surface area contributed by atoms with Crippen LogP contribution in [0, 0.1) is 17.8 Å². The Morgan fingerprint density at radius 3 is 2.40 bits per heavy atom. The first kappa shape index (κ1) is 11.4. The standard InChI is InChI=1S/C14H27N/c1-4-12-10-15(13-6-5-7-13)9-8-14(12)11(2)3/h11-14H,4-10H2,1-3H3/t12-,14+/m1/s1. The molecule has 1 saturated heterocycles. The Kier molecular flexibility index (Phi) is 3.71. The van der Waals surface area contributed by atoms with Gasteiger partial charge in [-0.2, -0.15) is 0 Å². The van der Waals surface area contributed by atoms with Crippen LogP contribution < -0.4 is 0 Å². The molecule has 0 radical (unpaired) electrons. The van der Waals surface area contributed by atoms with Crippen LogP contribution in [-0.2, 0) is 0 Å². The monoisotopic (exact) mass is 209 g/mol. The lowest BCUT2D eigenvalue weighted by Gasteiger charge is -2.46. The maximum Gasteiger partial charge on any atom is 0.00953 e. The van der Waals surface area contributed by atoms with Crippen LogP contribution in [0.2, 0.25) is 0 Å². The number of nitrogens with zero attached hydrogens (tertiary/aromatic N) is 1. The smallest absolute Gasteiger partial charge is 0.00953 e. The third-order valence-electron chi connectivity index (χ3n) is 4.80. The molecule has 1 heterocycles. The molecule has 0 N–H and O–H groups in total. The van der Waals surface area contributed by atoms with Gasteiger partial charge in [0.05, 0.1) is 0 Å². The van der Waals surface area contributed by atoms with Crippen molar-refractivity contribution in [2.24, 2.45) is 17.8 Å². The summed E-state index contributed by atoms with van der Waals surface area (Å²) in [5.41, 5.74) is 0. The Labute approximate surface area is 95.2 Å². The van der Waals surface area contributed by atoms with E-state index in [0.717, 1.165) is 23.8 Å². The SMILES string of the molecule is CC[C@@H]1CN(C2CCC2)CC[C@H]1C(C)C. The zero-order valence-electron chi connectivity index (χ0n) is 10.7. The summed E-state index contributed by atoms with van der Waals surface area (Å²) >= 11 is 0. The van der Waals surface area contributed by atoms with E-state index in [1.807, 2.05) is 0 Å². The van der Waals surface area contributed by atoms with Gasteiger partial charge in [-0.1, -0.05) is 33.6 Å². The molecule has 2 aliphatic rings. The van der Waals surface area contributed by atoms with Gasteiger partial charge >= 0.3 is 0 Å². The summed E-state index contributed by atoms with van der Waals surface area (Å²) in [7, 11) is 0. The third kappa shape index (κ3) is 2.38. The molecule has 1 aliphatic heterocycles. The molecule has 2 rings (SSSR count). The highest BCUT2D eigenvalue weighted by molar-refractivity contribution is 4.87. The molecule has 0 bridgehead atoms. The van der Waals surface area contributed by atoms with Crippen molar-refractivity contribution in [3.63, 3.8) is 0 Å². The molecule has 0 spiro atoms. The summed E-state index contributed by atoms with van der Waals surface area (Å²) in [6.07, 6.45) is 7.26. The summed E-state index contributed by atoms with van der Waals surface area (Å²) in [5.74, 6) is 2.85. The average Bonchev–Trinajstić information content (AvgIpc) is 2.14. The van der Waals surface area contributed by atoms with Gasteiger partial charge in [0.2, 0.25) is 0 Å². The van der Waals surface area contributed by atoms with E-state index >= 15 is 0 Å². The molecule has 88 valence electrons. The van der Waals surface area contributed by atoms with Gasteiger partial charge in [-0.15, -0.1) is 0 Å². The van der Waals surface area contributed by atoms with Gasteiger partial charge in [0.15, 0.2) is 0 Å². The number of rotatable bonds is 3. The summed E-state index contributed by atoms with van der Waals surface area (Å²) in [4.78, 5) is 2.79. The second kappa shape index (κ2) is 4.86. The minimum Gasteiger partial charge on any atom is -0.300 e. The topological polar surface area (TPSA) is 3.24 Å². The Hall–Kier alpha value is -0.0400. The van der Waals surface area contributed by atoms with E-state index in [9.17, 15) is 0 Å². The normalized spacial score (nSPS) is 34.4. The lowest BCUT2D eigenvalue weighted by molar-refractivity contribution is 0.0312. The van der Waals surface area contributed by atoms with Gasteiger partial charge < -0.3 is 4.90 Å². The molecule has 0 aromatic rings. The van der Waals surface area contributed by atoms with Gasteiger partial charge in [-0.3, -0.25) is 0 Å². The summed E-state index contributed by atoms with van der Waals surface area (Å²) in [5, 5.41) is 0. The van der Waals surface area contributed by atoms with Gasteiger partial charge in [-0.05, 0) is 43.6 Å². The maximum absolute atomic E-state index is 2.79. The molecule has 1 aliphatic carbocycles. The minimum absolute atomic E-state index is 0.887. The quantitative estimate of drug-likeness (QED) is 0.687. The van der Waals surface area contributed by atoms with Gasteiger partial charge in [0.1, 0.15) is 0 Å². The molecule has 0 aromatic heterocycles. The van der Waals surface area contributed by atoms with Crippen LogP contribution in [0.5, 0.6) is 0 Å². The van der Waals surface area contributed by atoms with E-state index in [1.165, 1.54) is 45.2 Å². The first-order valence-corrected chi connectivity index (χ1v) is 6.96. The molecule has 2 fully saturated rings. The van der Waals surface area contributed by atoms with Crippen LogP contribution in [0.3, 0.4) is 0 Å². The molecule has 2 atom stereocenters. The van der Waals surface area contributed by atoms with Crippen molar-refractivity contribution in [3.05, 3.63) is 0 Å². The number of hydrogen-bond donors (Lipinski definition) is 0. The van der Waals surface area contributed by atoms with E-state index in [0.29, 0.717) is 0 Å². The second-order valence-electron chi connectivity index (χ2n) is 5.94. The first-order valence-electron chi connectivity index (χ1n) is 6.96. The van der Waals surface area contributed by atoms with E-state index in [1.54, 1.807) is 0 Å². The predicted octanol–water partition coefficient (Wildman–Crippen LogP) is 3.54. The number of piperidine rings is 1. The molecule has 0 amide bonds. The van der Waals surface area contributed by atoms with Crippen molar-refractivity contribution < 1.29 is 0 Å². The first-order chi connectivity index (χ1) is 7.22. The van der Waals surface area contributed by atoms with Crippen molar-refractivity contribution in [1.82, 2.24) is 4.90 Å². The summed E-state index contributed by atoms with van der Waals surface area (Å²) in [6, 6.07) is 0.965. The fraction of sp³-hybridized carbons (Fsp3) is 1.00. The molecular weight excluding hydrogens is 182 g/mol. The average molecular weight is 209 g/mol. The summed E-state index contributed by atoms with van der Waals surface area (Å²) in [6.45, 7) is 9.97. The fourth-order valence-electron chi connectivity index (χ4n) is 3.47. The van der Waals surface area contributed by atoms with Crippen LogP contribution in [0.15, 0.2) is 0 Å². The van der Waals surface area contributed by atoms with Crippen molar-refractivity contribution >= 4 is 0 Å². The fourth-order valence-corrected chi connectivity index (χ4v) is 3.47. The molecule has 0 unspecified atom stereocenters. The van der Waals surface area contributed by atoms with Crippen molar-refractivity contribution in [2.75, 3.05) is 13.1 Å². The van der Waals surface area contributed by atoms with Gasteiger partial charge in [0.25, 0.3) is 0 Å². The predicted molar refractivity (Wildman–Crippen MR) is 65.9 cm³/mol. The van der Waals surface area contributed by atoms with Crippen molar-refractivity contribution in [3.8, 4) is 0 Å². The second-order valence-corrected chi connectivity index (χ2v) is 5.94. The number of likely N-dealkylation sites (tertiary alicyclic amines) is 1. The van der Waals surface area contributed by atoms with Crippen LogP contribution in [0.4, 0.5) is 0 Å². The van der Waals surface area contributed by atoms with E-state index < -0.39 is 0 Å². The van der Waals surface area contributed by atoms with Crippen LogP contribution in [0.25, 0.3) is 0 Å². The summed E-state index contributed by atoms with van der Waals surface area (Å²) < 4.78 is 0. The lowest BCUT2D eigenvalue weighted by atomic mass is 9.75. The Bertz CT molecular complexity index is 196. The highest BCUT2D eigenvalue weighted by Gasteiger charge is 2.34. The molecular formula is C14H27N. The highest BCUT2D eigenvalue weighted by Crippen LogP contribution is 2.35. The molecule has 15 heavy (non-hydrogen) atoms. The molecule has 1 saturated carbocycles. The Morgan fingerprint density at radius 2 is 1.93 bits per heavy atom. The van der Waals surface area contributed by atoms with Crippen LogP contribution >= 0.6 is 0 Å². The van der Waals surface area contributed by atoms with E-state index in [2.05, 4.69) is 25.7 Å². The van der Waals surface area contributed by atoms with Gasteiger partial charge in [-0.25, -0.2) is 0 Å². The lowest BCUT2D eigenvalue weighted by Crippen LogP contribution is -2.49. The zero-order valence-corrected chi connectivity index (χ0v) is 10.7. The van der Waals surface area contributed by atoms with E-state index in [4.69, 9.17) is 0 Å². The third-order valence-corrected chi connectivity index (χ3v) is 4.80. The van der Waals surface area contributed by atoms with E-state index in [-0.39, 0.29) is 0 Å². The Balaban J connectivity index is 1.90. The van der Waals surface area contributed by atoms with Gasteiger partial charge in [0, 0.05) is 12.6 Å². The highest BCUT2D eigenvalue weighted by atomic mass is 15.2. The zero-order chi connectivity index (χ0) is 10.8.